The monoisotopic (exact) mass is 294 g/mol. The average molecular weight is 294 g/mol. The SMILES string of the molecule is Cc1ccc(/C=C/C(=O)NC(C(N)=O)c2ccccc2)cc1. The van der Waals surface area contributed by atoms with Crippen molar-refractivity contribution in [3.05, 3.63) is 77.4 Å². The van der Waals surface area contributed by atoms with Gasteiger partial charge in [-0.2, -0.15) is 0 Å². The van der Waals surface area contributed by atoms with E-state index in [9.17, 15) is 9.59 Å². The van der Waals surface area contributed by atoms with Crippen molar-refractivity contribution in [1.82, 2.24) is 5.32 Å². The number of amides is 2. The van der Waals surface area contributed by atoms with Gasteiger partial charge in [0.2, 0.25) is 11.8 Å². The van der Waals surface area contributed by atoms with Gasteiger partial charge >= 0.3 is 0 Å². The Labute approximate surface area is 129 Å². The van der Waals surface area contributed by atoms with Gasteiger partial charge in [-0.05, 0) is 24.1 Å². The van der Waals surface area contributed by atoms with Gasteiger partial charge in [0.25, 0.3) is 0 Å². The molecular formula is C18H18N2O2. The third-order valence-electron chi connectivity index (χ3n) is 3.21. The number of primary amides is 1. The molecule has 4 heteroatoms. The lowest BCUT2D eigenvalue weighted by Crippen LogP contribution is -2.36. The van der Waals surface area contributed by atoms with E-state index < -0.39 is 11.9 Å². The van der Waals surface area contributed by atoms with Gasteiger partial charge in [0.05, 0.1) is 0 Å². The van der Waals surface area contributed by atoms with Crippen molar-refractivity contribution in [2.45, 2.75) is 13.0 Å². The first-order valence-electron chi connectivity index (χ1n) is 6.96. The molecule has 1 unspecified atom stereocenters. The Morgan fingerprint density at radius 3 is 2.27 bits per heavy atom. The molecule has 2 aromatic rings. The van der Waals surface area contributed by atoms with E-state index in [1.807, 2.05) is 37.3 Å². The zero-order valence-electron chi connectivity index (χ0n) is 12.3. The molecule has 22 heavy (non-hydrogen) atoms. The van der Waals surface area contributed by atoms with E-state index in [-0.39, 0.29) is 5.91 Å². The normalized spacial score (nSPS) is 12.0. The lowest BCUT2D eigenvalue weighted by atomic mass is 10.1. The third kappa shape index (κ3) is 4.31. The summed E-state index contributed by atoms with van der Waals surface area (Å²) in [6.45, 7) is 2.00. The molecule has 0 bridgehead atoms. The number of hydrogen-bond donors (Lipinski definition) is 2. The zero-order valence-corrected chi connectivity index (χ0v) is 12.3. The maximum absolute atomic E-state index is 12.0. The van der Waals surface area contributed by atoms with Crippen molar-refractivity contribution < 1.29 is 9.59 Å². The third-order valence-corrected chi connectivity index (χ3v) is 3.21. The molecule has 4 nitrogen and oxygen atoms in total. The first kappa shape index (κ1) is 15.5. The van der Waals surface area contributed by atoms with E-state index in [4.69, 9.17) is 5.73 Å². The van der Waals surface area contributed by atoms with E-state index in [0.717, 1.165) is 11.1 Å². The molecule has 0 spiro atoms. The summed E-state index contributed by atoms with van der Waals surface area (Å²) in [7, 11) is 0. The summed E-state index contributed by atoms with van der Waals surface area (Å²) in [6, 6.07) is 15.8. The predicted octanol–water partition coefficient (Wildman–Crippen LogP) is 2.35. The number of hydrogen-bond acceptors (Lipinski definition) is 2. The Balaban J connectivity index is 2.06. The van der Waals surface area contributed by atoms with Gasteiger partial charge in [0.1, 0.15) is 6.04 Å². The standard InChI is InChI=1S/C18H18N2O2/c1-13-7-9-14(10-8-13)11-12-16(21)20-17(18(19)22)15-5-3-2-4-6-15/h2-12,17H,1H3,(H2,19,22)(H,20,21)/b12-11+. The van der Waals surface area contributed by atoms with Crippen LogP contribution in [-0.4, -0.2) is 11.8 Å². The number of carbonyl (C=O) groups excluding carboxylic acids is 2. The minimum absolute atomic E-state index is 0.367. The van der Waals surface area contributed by atoms with Crippen LogP contribution in [0.2, 0.25) is 0 Å². The molecule has 0 saturated carbocycles. The van der Waals surface area contributed by atoms with Crippen LogP contribution in [0.3, 0.4) is 0 Å². The molecule has 0 aliphatic carbocycles. The number of rotatable bonds is 5. The van der Waals surface area contributed by atoms with E-state index in [1.165, 1.54) is 6.08 Å². The van der Waals surface area contributed by atoms with Crippen LogP contribution >= 0.6 is 0 Å². The van der Waals surface area contributed by atoms with Crippen molar-refractivity contribution >= 4 is 17.9 Å². The van der Waals surface area contributed by atoms with Crippen LogP contribution in [0.4, 0.5) is 0 Å². The van der Waals surface area contributed by atoms with Crippen LogP contribution in [0.15, 0.2) is 60.7 Å². The van der Waals surface area contributed by atoms with Crippen LogP contribution in [0.5, 0.6) is 0 Å². The number of benzene rings is 2. The number of nitrogens with two attached hydrogens (primary N) is 1. The lowest BCUT2D eigenvalue weighted by molar-refractivity contribution is -0.125. The fourth-order valence-corrected chi connectivity index (χ4v) is 2.00. The second kappa shape index (κ2) is 7.22. The number of aryl methyl sites for hydroxylation is 1. The molecular weight excluding hydrogens is 276 g/mol. The van der Waals surface area contributed by atoms with Crippen LogP contribution in [-0.2, 0) is 9.59 Å². The van der Waals surface area contributed by atoms with Crippen molar-refractivity contribution in [2.75, 3.05) is 0 Å². The van der Waals surface area contributed by atoms with Gasteiger partial charge in [-0.15, -0.1) is 0 Å². The second-order valence-corrected chi connectivity index (χ2v) is 5.00. The molecule has 0 radical (unpaired) electrons. The predicted molar refractivity (Wildman–Crippen MR) is 86.7 cm³/mol. The van der Waals surface area contributed by atoms with Crippen molar-refractivity contribution in [3.63, 3.8) is 0 Å². The van der Waals surface area contributed by atoms with Gasteiger partial charge in [-0.1, -0.05) is 60.2 Å². The smallest absolute Gasteiger partial charge is 0.244 e. The van der Waals surface area contributed by atoms with Crippen LogP contribution in [0, 0.1) is 6.92 Å². The van der Waals surface area contributed by atoms with Gasteiger partial charge < -0.3 is 11.1 Å². The summed E-state index contributed by atoms with van der Waals surface area (Å²) in [5, 5.41) is 2.61. The Morgan fingerprint density at radius 1 is 1.05 bits per heavy atom. The summed E-state index contributed by atoms with van der Waals surface area (Å²) in [6.07, 6.45) is 3.08. The maximum Gasteiger partial charge on any atom is 0.244 e. The van der Waals surface area contributed by atoms with Crippen molar-refractivity contribution in [3.8, 4) is 0 Å². The van der Waals surface area contributed by atoms with E-state index in [2.05, 4.69) is 5.32 Å². The highest BCUT2D eigenvalue weighted by atomic mass is 16.2. The summed E-state index contributed by atoms with van der Waals surface area (Å²) in [5.74, 6) is -0.962. The highest BCUT2D eigenvalue weighted by molar-refractivity contribution is 5.95. The van der Waals surface area contributed by atoms with Gasteiger partial charge in [0, 0.05) is 6.08 Å². The van der Waals surface area contributed by atoms with Gasteiger partial charge in [0.15, 0.2) is 0 Å². The molecule has 1 atom stereocenters. The number of nitrogens with one attached hydrogen (secondary N) is 1. The summed E-state index contributed by atoms with van der Waals surface area (Å²) < 4.78 is 0. The van der Waals surface area contributed by atoms with Crippen LogP contribution in [0.25, 0.3) is 6.08 Å². The largest absolute Gasteiger partial charge is 0.368 e. The molecule has 2 rings (SSSR count). The average Bonchev–Trinajstić information content (AvgIpc) is 2.52. The Kier molecular flexibility index (Phi) is 5.09. The quantitative estimate of drug-likeness (QED) is 0.831. The molecule has 0 fully saturated rings. The van der Waals surface area contributed by atoms with Crippen molar-refractivity contribution in [1.29, 1.82) is 0 Å². The molecule has 112 valence electrons. The van der Waals surface area contributed by atoms with Crippen LogP contribution in [0.1, 0.15) is 22.7 Å². The van der Waals surface area contributed by atoms with Crippen LogP contribution < -0.4 is 11.1 Å². The molecule has 0 aromatic heterocycles. The Morgan fingerprint density at radius 2 is 1.68 bits per heavy atom. The highest BCUT2D eigenvalue weighted by Gasteiger charge is 2.18. The lowest BCUT2D eigenvalue weighted by Gasteiger charge is -2.14. The minimum Gasteiger partial charge on any atom is -0.368 e. The molecule has 2 amide bonds. The molecule has 3 N–H and O–H groups in total. The van der Waals surface area contributed by atoms with E-state index in [1.54, 1.807) is 30.3 Å². The first-order valence-corrected chi connectivity index (χ1v) is 6.96. The molecule has 2 aromatic carbocycles. The first-order chi connectivity index (χ1) is 10.6. The van der Waals surface area contributed by atoms with E-state index >= 15 is 0 Å². The molecule has 0 heterocycles. The topological polar surface area (TPSA) is 72.2 Å². The summed E-state index contributed by atoms with van der Waals surface area (Å²) in [5.41, 5.74) is 8.09. The summed E-state index contributed by atoms with van der Waals surface area (Å²) in [4.78, 5) is 23.5. The van der Waals surface area contributed by atoms with Gasteiger partial charge in [-0.25, -0.2) is 0 Å². The Bertz CT molecular complexity index is 676. The number of carbonyl (C=O) groups is 2. The molecule has 0 saturated heterocycles. The zero-order chi connectivity index (χ0) is 15.9. The summed E-state index contributed by atoms with van der Waals surface area (Å²) >= 11 is 0. The molecule has 0 aliphatic rings. The van der Waals surface area contributed by atoms with Crippen molar-refractivity contribution in [2.24, 2.45) is 5.73 Å². The second-order valence-electron chi connectivity index (χ2n) is 5.00. The molecule has 0 aliphatic heterocycles. The fourth-order valence-electron chi connectivity index (χ4n) is 2.00. The van der Waals surface area contributed by atoms with Gasteiger partial charge in [-0.3, -0.25) is 9.59 Å². The Hall–Kier alpha value is -2.88. The highest BCUT2D eigenvalue weighted by Crippen LogP contribution is 2.12. The fraction of sp³-hybridized carbons (Fsp3) is 0.111. The van der Waals surface area contributed by atoms with E-state index in [0.29, 0.717) is 5.56 Å². The maximum atomic E-state index is 12.0. The minimum atomic E-state index is -0.837.